The van der Waals surface area contributed by atoms with Gasteiger partial charge in [-0.1, -0.05) is 6.07 Å². The van der Waals surface area contributed by atoms with Gasteiger partial charge in [0.15, 0.2) is 5.11 Å². The molecule has 166 valence electrons. The summed E-state index contributed by atoms with van der Waals surface area (Å²) < 4.78 is 8.35. The fourth-order valence-electron chi connectivity index (χ4n) is 4.99. The number of thiocarbonyl (C=S) groups is 1. The molecule has 5 heterocycles. The molecule has 0 bridgehead atoms. The molecule has 1 N–H and O–H groups in total. The van der Waals surface area contributed by atoms with E-state index in [1.165, 1.54) is 22.5 Å². The zero-order valence-corrected chi connectivity index (χ0v) is 19.4. The highest BCUT2D eigenvalue weighted by Gasteiger charge is 2.42. The molecule has 0 amide bonds. The Morgan fingerprint density at radius 2 is 2.00 bits per heavy atom. The lowest BCUT2D eigenvalue weighted by Gasteiger charge is -2.30. The maximum atomic E-state index is 5.97. The van der Waals surface area contributed by atoms with E-state index in [-0.39, 0.29) is 18.2 Å². The van der Waals surface area contributed by atoms with Gasteiger partial charge in [0.25, 0.3) is 0 Å². The van der Waals surface area contributed by atoms with E-state index in [0.29, 0.717) is 0 Å². The summed E-state index contributed by atoms with van der Waals surface area (Å²) in [5, 5.41) is 4.35. The van der Waals surface area contributed by atoms with E-state index in [4.69, 9.17) is 17.0 Å². The Morgan fingerprint density at radius 1 is 1.16 bits per heavy atom. The molecule has 0 aromatic carbocycles. The summed E-state index contributed by atoms with van der Waals surface area (Å²) in [6, 6.07) is 12.6. The molecule has 2 fully saturated rings. The zero-order valence-electron chi connectivity index (χ0n) is 18.6. The average molecular weight is 448 g/mol. The lowest BCUT2D eigenvalue weighted by atomic mass is 9.96. The highest BCUT2D eigenvalue weighted by Crippen LogP contribution is 2.41. The van der Waals surface area contributed by atoms with Gasteiger partial charge in [0.2, 0.25) is 0 Å². The van der Waals surface area contributed by atoms with E-state index in [1.807, 2.05) is 30.7 Å². The summed E-state index contributed by atoms with van der Waals surface area (Å²) in [5.74, 6) is 0. The molecule has 0 saturated carbocycles. The number of ether oxygens (including phenoxy) is 1. The van der Waals surface area contributed by atoms with Crippen LogP contribution in [0.5, 0.6) is 0 Å². The predicted octanol–water partition coefficient (Wildman–Crippen LogP) is 4.09. The van der Waals surface area contributed by atoms with Crippen molar-refractivity contribution < 1.29 is 4.74 Å². The summed E-state index contributed by atoms with van der Waals surface area (Å²) in [6.45, 7) is 6.86. The van der Waals surface area contributed by atoms with E-state index >= 15 is 0 Å². The molecular weight excluding hydrogens is 418 g/mol. The topological polar surface area (TPSA) is 55.2 Å². The molecule has 6 nitrogen and oxygen atoms in total. The lowest BCUT2D eigenvalue weighted by Crippen LogP contribution is -2.36. The maximum absolute atomic E-state index is 5.97. The van der Waals surface area contributed by atoms with Crippen LogP contribution in [0.15, 0.2) is 55.0 Å². The van der Waals surface area contributed by atoms with E-state index < -0.39 is 0 Å². The summed E-state index contributed by atoms with van der Waals surface area (Å²) >= 11 is 5.83. The summed E-state index contributed by atoms with van der Waals surface area (Å²) in [6.07, 6.45) is 7.98. The summed E-state index contributed by atoms with van der Waals surface area (Å²) in [5.41, 5.74) is 6.04. The van der Waals surface area contributed by atoms with Crippen LogP contribution in [-0.2, 0) is 11.3 Å². The number of hydrogen-bond acceptors (Lipinski definition) is 4. The first kappa shape index (κ1) is 21.1. The molecule has 2 aliphatic rings. The fraction of sp³-hybridized carbons (Fsp3) is 0.400. The Bertz CT molecular complexity index is 1080. The molecule has 3 atom stereocenters. The van der Waals surface area contributed by atoms with Crippen LogP contribution in [-0.4, -0.2) is 43.8 Å². The minimum Gasteiger partial charge on any atom is -0.376 e. The van der Waals surface area contributed by atoms with Crippen molar-refractivity contribution in [3.63, 3.8) is 0 Å². The number of hydrogen-bond donors (Lipinski definition) is 1. The second kappa shape index (κ2) is 9.00. The maximum Gasteiger partial charge on any atom is 0.170 e. The average Bonchev–Trinajstić information content (AvgIpc) is 3.51. The standard InChI is InChI=1S/C25H29N5OS/c1-17-14-21(18(2)29(17)15-19-8-11-26-12-9-19)24-23(22-7-3-4-10-27-22)28-25(32)30(24)16-20-6-5-13-31-20/h3-4,7-12,14,20,23-24H,5-6,13,15-16H2,1-2H3,(H,28,32)/t20-,23+,24-/m1/s1. The smallest absolute Gasteiger partial charge is 0.170 e. The minimum absolute atomic E-state index is 0.0000201. The first-order valence-corrected chi connectivity index (χ1v) is 11.7. The molecule has 2 aliphatic heterocycles. The van der Waals surface area contributed by atoms with Crippen molar-refractivity contribution in [3.05, 3.63) is 83.2 Å². The van der Waals surface area contributed by atoms with Crippen LogP contribution in [0.3, 0.4) is 0 Å². The van der Waals surface area contributed by atoms with E-state index in [9.17, 15) is 0 Å². The monoisotopic (exact) mass is 447 g/mol. The van der Waals surface area contributed by atoms with Gasteiger partial charge >= 0.3 is 0 Å². The number of nitrogens with zero attached hydrogens (tertiary/aromatic N) is 4. The van der Waals surface area contributed by atoms with Crippen LogP contribution < -0.4 is 5.32 Å². The van der Waals surface area contributed by atoms with E-state index in [2.05, 4.69) is 62.9 Å². The van der Waals surface area contributed by atoms with Gasteiger partial charge in [0.1, 0.15) is 0 Å². The quantitative estimate of drug-likeness (QED) is 0.575. The summed E-state index contributed by atoms with van der Waals surface area (Å²) in [4.78, 5) is 11.1. The molecular formula is C25H29N5OS. The SMILES string of the molecule is Cc1cc([C@@H]2[C@H](c3ccccn3)NC(=S)N2C[C@H]2CCCO2)c(C)n1Cc1ccncc1. The molecule has 0 aliphatic carbocycles. The fourth-order valence-corrected chi connectivity index (χ4v) is 5.30. The zero-order chi connectivity index (χ0) is 22.1. The Balaban J connectivity index is 1.53. The lowest BCUT2D eigenvalue weighted by molar-refractivity contribution is 0.0842. The second-order valence-electron chi connectivity index (χ2n) is 8.68. The third-order valence-corrected chi connectivity index (χ3v) is 7.00. The summed E-state index contributed by atoms with van der Waals surface area (Å²) in [7, 11) is 0. The highest BCUT2D eigenvalue weighted by atomic mass is 32.1. The van der Waals surface area contributed by atoms with Crippen molar-refractivity contribution in [2.45, 2.75) is 51.4 Å². The molecule has 5 rings (SSSR count). The van der Waals surface area contributed by atoms with E-state index in [1.54, 1.807) is 0 Å². The molecule has 32 heavy (non-hydrogen) atoms. The van der Waals surface area contributed by atoms with Gasteiger partial charge in [-0.15, -0.1) is 0 Å². The van der Waals surface area contributed by atoms with Crippen LogP contribution in [0.1, 0.15) is 53.1 Å². The van der Waals surface area contributed by atoms with Crippen molar-refractivity contribution in [1.82, 2.24) is 24.8 Å². The third kappa shape index (κ3) is 4.02. The molecule has 3 aromatic heterocycles. The van der Waals surface area contributed by atoms with Crippen molar-refractivity contribution in [2.75, 3.05) is 13.2 Å². The predicted molar refractivity (Wildman–Crippen MR) is 128 cm³/mol. The van der Waals surface area contributed by atoms with Crippen LogP contribution in [0.25, 0.3) is 0 Å². The Labute approximate surface area is 194 Å². The second-order valence-corrected chi connectivity index (χ2v) is 9.07. The number of nitrogens with one attached hydrogen (secondary N) is 1. The van der Waals surface area contributed by atoms with Crippen molar-refractivity contribution >= 4 is 17.3 Å². The van der Waals surface area contributed by atoms with Gasteiger partial charge in [-0.25, -0.2) is 0 Å². The first-order chi connectivity index (χ1) is 15.6. The van der Waals surface area contributed by atoms with Crippen LogP contribution >= 0.6 is 12.2 Å². The largest absolute Gasteiger partial charge is 0.376 e. The Morgan fingerprint density at radius 3 is 2.72 bits per heavy atom. The van der Waals surface area contributed by atoms with Crippen molar-refractivity contribution in [1.29, 1.82) is 0 Å². The number of pyridine rings is 2. The molecule has 7 heteroatoms. The van der Waals surface area contributed by atoms with Gasteiger partial charge < -0.3 is 19.5 Å². The van der Waals surface area contributed by atoms with E-state index in [0.717, 1.165) is 43.3 Å². The molecule has 0 radical (unpaired) electrons. The van der Waals surface area contributed by atoms with Gasteiger partial charge in [0, 0.05) is 49.7 Å². The van der Waals surface area contributed by atoms with Crippen molar-refractivity contribution in [3.8, 4) is 0 Å². The Kier molecular flexibility index (Phi) is 5.93. The van der Waals surface area contributed by atoms with Crippen LogP contribution in [0, 0.1) is 13.8 Å². The molecule has 3 aromatic rings. The van der Waals surface area contributed by atoms with Crippen LogP contribution in [0.2, 0.25) is 0 Å². The molecule has 2 saturated heterocycles. The number of aromatic nitrogens is 3. The number of rotatable bonds is 6. The van der Waals surface area contributed by atoms with Gasteiger partial charge in [0.05, 0.1) is 23.9 Å². The van der Waals surface area contributed by atoms with Gasteiger partial charge in [-0.2, -0.15) is 0 Å². The minimum atomic E-state index is -0.0000201. The Hall–Kier alpha value is -2.77. The van der Waals surface area contributed by atoms with Gasteiger partial charge in [-0.3, -0.25) is 9.97 Å². The molecule has 0 spiro atoms. The first-order valence-electron chi connectivity index (χ1n) is 11.3. The van der Waals surface area contributed by atoms with Crippen LogP contribution in [0.4, 0.5) is 0 Å². The third-order valence-electron chi connectivity index (χ3n) is 6.64. The molecule has 0 unspecified atom stereocenters. The normalized spacial score (nSPS) is 23.0. The van der Waals surface area contributed by atoms with Crippen molar-refractivity contribution in [2.24, 2.45) is 0 Å². The van der Waals surface area contributed by atoms with Gasteiger partial charge in [-0.05, 0) is 80.4 Å². The highest BCUT2D eigenvalue weighted by molar-refractivity contribution is 7.80. The number of aryl methyl sites for hydroxylation is 1.